The molecule has 8 nitrogen and oxygen atoms in total. The van der Waals surface area contributed by atoms with Crippen molar-refractivity contribution < 1.29 is 8.42 Å². The predicted octanol–water partition coefficient (Wildman–Crippen LogP) is 3.04. The van der Waals surface area contributed by atoms with Gasteiger partial charge in [0.2, 0.25) is 0 Å². The zero-order chi connectivity index (χ0) is 17.9. The van der Waals surface area contributed by atoms with Gasteiger partial charge in [0, 0.05) is 6.42 Å². The molecule has 0 fully saturated rings. The van der Waals surface area contributed by atoms with Gasteiger partial charge < -0.3 is 0 Å². The van der Waals surface area contributed by atoms with E-state index in [1.54, 1.807) is 6.07 Å². The molecule has 10 heteroatoms. The Labute approximate surface area is 150 Å². The van der Waals surface area contributed by atoms with E-state index in [2.05, 4.69) is 35.6 Å². The highest BCUT2D eigenvalue weighted by atomic mass is 32.2. The molecule has 25 heavy (non-hydrogen) atoms. The minimum absolute atomic E-state index is 0.0439. The van der Waals surface area contributed by atoms with Gasteiger partial charge in [-0.1, -0.05) is 32.3 Å². The summed E-state index contributed by atoms with van der Waals surface area (Å²) in [4.78, 5) is 4.29. The van der Waals surface area contributed by atoms with E-state index in [9.17, 15) is 8.42 Å². The molecule has 0 saturated heterocycles. The summed E-state index contributed by atoms with van der Waals surface area (Å²) in [6, 6.07) is 3.25. The number of nitrogens with one attached hydrogen (secondary N) is 2. The molecular formula is C15H20N6O2S2. The second kappa shape index (κ2) is 7.44. The van der Waals surface area contributed by atoms with Gasteiger partial charge in [0.1, 0.15) is 21.8 Å². The molecule has 0 aliphatic rings. The van der Waals surface area contributed by atoms with Crippen LogP contribution in [0.15, 0.2) is 17.0 Å². The van der Waals surface area contributed by atoms with Crippen molar-refractivity contribution in [3.63, 3.8) is 0 Å². The van der Waals surface area contributed by atoms with Gasteiger partial charge in [-0.2, -0.15) is 13.7 Å². The summed E-state index contributed by atoms with van der Waals surface area (Å²) in [7, 11) is -3.83. The van der Waals surface area contributed by atoms with E-state index in [1.165, 1.54) is 12.5 Å². The van der Waals surface area contributed by atoms with Crippen molar-refractivity contribution in [3.8, 4) is 0 Å². The largest absolute Gasteiger partial charge is 0.266 e. The quantitative estimate of drug-likeness (QED) is 0.581. The molecule has 1 aromatic carbocycles. The van der Waals surface area contributed by atoms with Crippen LogP contribution in [0.1, 0.15) is 44.0 Å². The maximum Gasteiger partial charge on any atom is 0.266 e. The summed E-state index contributed by atoms with van der Waals surface area (Å²) in [5, 5.41) is 6.74. The van der Waals surface area contributed by atoms with Crippen molar-refractivity contribution in [2.45, 2.75) is 50.8 Å². The first-order chi connectivity index (χ1) is 12.0. The Morgan fingerprint density at radius 1 is 1.16 bits per heavy atom. The number of fused-ring (bicyclic) bond motifs is 1. The van der Waals surface area contributed by atoms with Crippen LogP contribution in [0, 0.1) is 6.92 Å². The second-order valence-corrected chi connectivity index (χ2v) is 8.04. The number of benzene rings is 1. The lowest BCUT2D eigenvalue weighted by molar-refractivity contribution is 0.601. The van der Waals surface area contributed by atoms with Crippen LogP contribution in [0.2, 0.25) is 0 Å². The Bertz CT molecular complexity index is 963. The van der Waals surface area contributed by atoms with Gasteiger partial charge in [-0.25, -0.2) is 13.1 Å². The van der Waals surface area contributed by atoms with Gasteiger partial charge in [0.05, 0.1) is 11.7 Å². The molecule has 0 unspecified atom stereocenters. The third kappa shape index (κ3) is 3.96. The van der Waals surface area contributed by atoms with E-state index in [4.69, 9.17) is 0 Å². The molecule has 2 aromatic heterocycles. The van der Waals surface area contributed by atoms with Gasteiger partial charge in [-0.15, -0.1) is 5.10 Å². The molecule has 2 N–H and O–H groups in total. The number of rotatable bonds is 8. The minimum Gasteiger partial charge on any atom is -0.261 e. The van der Waals surface area contributed by atoms with Gasteiger partial charge in [-0.3, -0.25) is 5.10 Å². The lowest BCUT2D eigenvalue weighted by Crippen LogP contribution is -2.14. The summed E-state index contributed by atoms with van der Waals surface area (Å²) in [5.74, 6) is 0.723. The monoisotopic (exact) mass is 380 g/mol. The highest BCUT2D eigenvalue weighted by molar-refractivity contribution is 7.93. The van der Waals surface area contributed by atoms with Crippen molar-refractivity contribution in [2.24, 2.45) is 0 Å². The molecule has 134 valence electrons. The van der Waals surface area contributed by atoms with Crippen LogP contribution in [-0.4, -0.2) is 32.3 Å². The number of sulfonamides is 1. The summed E-state index contributed by atoms with van der Waals surface area (Å²) >= 11 is 0.991. The average Bonchev–Trinajstić information content (AvgIpc) is 3.21. The van der Waals surface area contributed by atoms with E-state index in [-0.39, 0.29) is 10.8 Å². The second-order valence-electron chi connectivity index (χ2n) is 5.86. The molecule has 3 rings (SSSR count). The zero-order valence-electron chi connectivity index (χ0n) is 14.1. The summed E-state index contributed by atoms with van der Waals surface area (Å²) < 4.78 is 36.0. The third-order valence-electron chi connectivity index (χ3n) is 3.89. The maximum atomic E-state index is 12.7. The summed E-state index contributed by atoms with van der Waals surface area (Å²) in [6.07, 6.45) is 5.21. The van der Waals surface area contributed by atoms with Crippen LogP contribution in [-0.2, 0) is 16.4 Å². The van der Waals surface area contributed by atoms with Crippen LogP contribution >= 0.6 is 11.7 Å². The molecule has 0 atom stereocenters. The number of anilines is 1. The van der Waals surface area contributed by atoms with Crippen molar-refractivity contribution in [3.05, 3.63) is 23.5 Å². The number of hydrogen-bond acceptors (Lipinski definition) is 7. The number of hydrogen-bond donors (Lipinski definition) is 2. The Morgan fingerprint density at radius 2 is 1.96 bits per heavy atom. The minimum atomic E-state index is -3.83. The molecule has 0 radical (unpaired) electrons. The van der Waals surface area contributed by atoms with Crippen molar-refractivity contribution >= 4 is 38.7 Å². The predicted molar refractivity (Wildman–Crippen MR) is 97.2 cm³/mol. The highest BCUT2D eigenvalue weighted by Gasteiger charge is 2.22. The van der Waals surface area contributed by atoms with Crippen LogP contribution in [0.5, 0.6) is 0 Å². The Morgan fingerprint density at radius 3 is 2.76 bits per heavy atom. The normalized spacial score (nSPS) is 11.9. The van der Waals surface area contributed by atoms with Crippen LogP contribution in [0.4, 0.5) is 5.95 Å². The lowest BCUT2D eigenvalue weighted by Gasteiger charge is -2.05. The summed E-state index contributed by atoms with van der Waals surface area (Å²) in [6.45, 7) is 4.02. The number of unbranched alkanes of at least 4 members (excludes halogenated alkanes) is 3. The van der Waals surface area contributed by atoms with Crippen LogP contribution in [0.3, 0.4) is 0 Å². The Balaban J connectivity index is 1.76. The molecule has 0 bridgehead atoms. The molecular weight excluding hydrogens is 360 g/mol. The number of H-pyrrole nitrogens is 1. The maximum absolute atomic E-state index is 12.7. The van der Waals surface area contributed by atoms with Gasteiger partial charge in [0.25, 0.3) is 16.0 Å². The number of aromatic nitrogens is 5. The number of aryl methyl sites for hydroxylation is 2. The Hall–Kier alpha value is -2.07. The zero-order valence-corrected chi connectivity index (χ0v) is 15.7. The van der Waals surface area contributed by atoms with Crippen molar-refractivity contribution in [1.29, 1.82) is 0 Å². The molecule has 0 aliphatic carbocycles. The lowest BCUT2D eigenvalue weighted by atomic mass is 10.1. The van der Waals surface area contributed by atoms with E-state index >= 15 is 0 Å². The van der Waals surface area contributed by atoms with E-state index in [0.717, 1.165) is 43.0 Å². The molecule has 0 saturated carbocycles. The SMILES string of the molecule is CCCCCCc1nc(NS(=O)(=O)c2ccc(C)c3nsnc23)n[nH]1. The van der Waals surface area contributed by atoms with Gasteiger partial charge in [-0.05, 0) is 25.0 Å². The van der Waals surface area contributed by atoms with E-state index < -0.39 is 10.0 Å². The van der Waals surface area contributed by atoms with E-state index in [0.29, 0.717) is 16.9 Å². The molecule has 2 heterocycles. The fraction of sp³-hybridized carbons (Fsp3) is 0.467. The van der Waals surface area contributed by atoms with Crippen LogP contribution in [0.25, 0.3) is 11.0 Å². The smallest absolute Gasteiger partial charge is 0.261 e. The Kier molecular flexibility index (Phi) is 5.28. The van der Waals surface area contributed by atoms with Gasteiger partial charge in [0.15, 0.2) is 0 Å². The first-order valence-electron chi connectivity index (χ1n) is 8.17. The topological polar surface area (TPSA) is 114 Å². The van der Waals surface area contributed by atoms with Crippen LogP contribution < -0.4 is 4.72 Å². The van der Waals surface area contributed by atoms with Crippen molar-refractivity contribution in [2.75, 3.05) is 4.72 Å². The molecule has 0 amide bonds. The van der Waals surface area contributed by atoms with Crippen molar-refractivity contribution in [1.82, 2.24) is 23.9 Å². The highest BCUT2D eigenvalue weighted by Crippen LogP contribution is 2.25. The fourth-order valence-corrected chi connectivity index (χ4v) is 4.29. The van der Waals surface area contributed by atoms with E-state index in [1.807, 2.05) is 6.92 Å². The average molecular weight is 380 g/mol. The number of aromatic amines is 1. The first-order valence-corrected chi connectivity index (χ1v) is 10.4. The third-order valence-corrected chi connectivity index (χ3v) is 5.78. The molecule has 3 aromatic rings. The summed E-state index contributed by atoms with van der Waals surface area (Å²) in [5.41, 5.74) is 1.85. The molecule has 0 spiro atoms. The fourth-order valence-electron chi connectivity index (χ4n) is 2.53. The standard InChI is InChI=1S/C15H20N6O2S2/c1-3-4-5-6-7-12-16-15(18-17-12)21-25(22,23)11-9-8-10(2)13-14(11)20-24-19-13/h8-9H,3-7H2,1-2H3,(H2,16,17,18,21). The van der Waals surface area contributed by atoms with Gasteiger partial charge >= 0.3 is 0 Å². The number of nitrogens with zero attached hydrogens (tertiary/aromatic N) is 4. The molecule has 0 aliphatic heterocycles. The first kappa shape index (κ1) is 17.7.